The monoisotopic (exact) mass is 185 g/mol. The molecule has 0 aromatic heterocycles. The molecule has 1 amide bonds. The smallest absolute Gasteiger partial charge is 0.239 e. The van der Waals surface area contributed by atoms with Gasteiger partial charge in [0.15, 0.2) is 0 Å². The van der Waals surface area contributed by atoms with E-state index in [1.54, 1.807) is 0 Å². The first-order valence-electron chi connectivity index (χ1n) is 4.92. The highest BCUT2D eigenvalue weighted by Crippen LogP contribution is 2.01. The molecule has 76 valence electrons. The molecule has 0 bridgehead atoms. The van der Waals surface area contributed by atoms with Crippen LogP contribution in [0, 0.1) is 0 Å². The van der Waals surface area contributed by atoms with Crippen LogP contribution in [0.3, 0.4) is 0 Å². The van der Waals surface area contributed by atoms with E-state index < -0.39 is 0 Å². The van der Waals surface area contributed by atoms with Crippen LogP contribution in [0.1, 0.15) is 13.3 Å². The number of nitrogens with one attached hydrogen (secondary N) is 2. The van der Waals surface area contributed by atoms with Crippen LogP contribution in [0.4, 0.5) is 0 Å². The highest BCUT2D eigenvalue weighted by Gasteiger charge is 2.21. The van der Waals surface area contributed by atoms with Gasteiger partial charge in [0.1, 0.15) is 0 Å². The highest BCUT2D eigenvalue weighted by molar-refractivity contribution is 5.81. The number of likely N-dealkylation sites (N-methyl/N-ethyl adjacent to an activating group) is 1. The SMILES string of the molecule is CNCCN1CCCNC(C)C1=O. The van der Waals surface area contributed by atoms with Gasteiger partial charge in [-0.2, -0.15) is 0 Å². The van der Waals surface area contributed by atoms with Gasteiger partial charge in [-0.1, -0.05) is 0 Å². The van der Waals surface area contributed by atoms with Gasteiger partial charge >= 0.3 is 0 Å². The van der Waals surface area contributed by atoms with E-state index in [0.29, 0.717) is 0 Å². The number of hydrogen-bond acceptors (Lipinski definition) is 3. The summed E-state index contributed by atoms with van der Waals surface area (Å²) in [6, 6.07) is -0.0145. The van der Waals surface area contributed by atoms with E-state index in [9.17, 15) is 4.79 Å². The minimum atomic E-state index is -0.0145. The zero-order chi connectivity index (χ0) is 9.68. The standard InChI is InChI=1S/C9H19N3O/c1-8-9(13)12(7-5-10-2)6-3-4-11-8/h8,10-11H,3-7H2,1-2H3. The van der Waals surface area contributed by atoms with Crippen molar-refractivity contribution >= 4 is 5.91 Å². The third-order valence-corrected chi connectivity index (χ3v) is 2.37. The Balaban J connectivity index is 2.44. The molecule has 0 saturated carbocycles. The van der Waals surface area contributed by atoms with E-state index in [-0.39, 0.29) is 11.9 Å². The Hall–Kier alpha value is -0.610. The minimum Gasteiger partial charge on any atom is -0.340 e. The zero-order valence-electron chi connectivity index (χ0n) is 8.47. The molecule has 0 aromatic rings. The predicted octanol–water partition coefficient (Wildman–Crippen LogP) is -0.584. The molecule has 1 rings (SSSR count). The van der Waals surface area contributed by atoms with Crippen molar-refractivity contribution in [3.63, 3.8) is 0 Å². The van der Waals surface area contributed by atoms with E-state index in [1.165, 1.54) is 0 Å². The van der Waals surface area contributed by atoms with Gasteiger partial charge in [-0.15, -0.1) is 0 Å². The van der Waals surface area contributed by atoms with Crippen molar-refractivity contribution in [2.75, 3.05) is 33.2 Å². The molecule has 0 aliphatic carbocycles. The molecule has 1 fully saturated rings. The van der Waals surface area contributed by atoms with Gasteiger partial charge in [0.2, 0.25) is 5.91 Å². The average Bonchev–Trinajstić information content (AvgIpc) is 2.28. The van der Waals surface area contributed by atoms with Crippen LogP contribution < -0.4 is 10.6 Å². The molecule has 1 atom stereocenters. The molecule has 4 nitrogen and oxygen atoms in total. The van der Waals surface area contributed by atoms with Gasteiger partial charge in [-0.3, -0.25) is 4.79 Å². The van der Waals surface area contributed by atoms with Crippen molar-refractivity contribution in [1.29, 1.82) is 0 Å². The van der Waals surface area contributed by atoms with Crippen molar-refractivity contribution < 1.29 is 4.79 Å². The number of rotatable bonds is 3. The lowest BCUT2D eigenvalue weighted by Crippen LogP contribution is -2.43. The Morgan fingerprint density at radius 3 is 3.15 bits per heavy atom. The lowest BCUT2D eigenvalue weighted by Gasteiger charge is -2.22. The maximum atomic E-state index is 11.7. The lowest BCUT2D eigenvalue weighted by atomic mass is 10.3. The molecule has 4 heteroatoms. The molecule has 2 N–H and O–H groups in total. The second-order valence-corrected chi connectivity index (χ2v) is 3.46. The van der Waals surface area contributed by atoms with Crippen molar-refractivity contribution in [2.45, 2.75) is 19.4 Å². The fourth-order valence-electron chi connectivity index (χ4n) is 1.53. The Morgan fingerprint density at radius 2 is 2.46 bits per heavy atom. The molecule has 1 aliphatic heterocycles. The Bertz CT molecular complexity index is 172. The molecular formula is C9H19N3O. The summed E-state index contributed by atoms with van der Waals surface area (Å²) in [6.45, 7) is 5.46. The van der Waals surface area contributed by atoms with Gasteiger partial charge in [0.25, 0.3) is 0 Å². The molecule has 1 unspecified atom stereocenters. The molecule has 1 heterocycles. The van der Waals surface area contributed by atoms with Crippen LogP contribution in [-0.4, -0.2) is 50.1 Å². The first-order chi connectivity index (χ1) is 6.25. The Kier molecular flexibility index (Phi) is 4.18. The van der Waals surface area contributed by atoms with E-state index in [4.69, 9.17) is 0 Å². The zero-order valence-corrected chi connectivity index (χ0v) is 8.47. The van der Waals surface area contributed by atoms with Gasteiger partial charge in [0.05, 0.1) is 6.04 Å². The highest BCUT2D eigenvalue weighted by atomic mass is 16.2. The largest absolute Gasteiger partial charge is 0.340 e. The van der Waals surface area contributed by atoms with Crippen LogP contribution in [0.15, 0.2) is 0 Å². The van der Waals surface area contributed by atoms with Crippen molar-refractivity contribution in [3.05, 3.63) is 0 Å². The van der Waals surface area contributed by atoms with E-state index in [2.05, 4.69) is 10.6 Å². The first-order valence-corrected chi connectivity index (χ1v) is 4.92. The summed E-state index contributed by atoms with van der Waals surface area (Å²) in [7, 11) is 1.91. The summed E-state index contributed by atoms with van der Waals surface area (Å²) in [5.41, 5.74) is 0. The van der Waals surface area contributed by atoms with Crippen LogP contribution in [0.2, 0.25) is 0 Å². The van der Waals surface area contributed by atoms with Crippen LogP contribution in [0.5, 0.6) is 0 Å². The number of carbonyl (C=O) groups excluding carboxylic acids is 1. The number of nitrogens with zero attached hydrogens (tertiary/aromatic N) is 1. The maximum Gasteiger partial charge on any atom is 0.239 e. The van der Waals surface area contributed by atoms with E-state index in [0.717, 1.165) is 32.6 Å². The number of hydrogen-bond donors (Lipinski definition) is 2. The molecule has 1 aliphatic rings. The first kappa shape index (κ1) is 10.5. The fourth-order valence-corrected chi connectivity index (χ4v) is 1.53. The van der Waals surface area contributed by atoms with Crippen LogP contribution >= 0.6 is 0 Å². The van der Waals surface area contributed by atoms with Crippen LogP contribution in [0.25, 0.3) is 0 Å². The normalized spacial score (nSPS) is 24.6. The van der Waals surface area contributed by atoms with Crippen molar-refractivity contribution in [1.82, 2.24) is 15.5 Å². The molecule has 13 heavy (non-hydrogen) atoms. The van der Waals surface area contributed by atoms with E-state index >= 15 is 0 Å². The van der Waals surface area contributed by atoms with Crippen molar-refractivity contribution in [2.24, 2.45) is 0 Å². The number of amides is 1. The van der Waals surface area contributed by atoms with Crippen LogP contribution in [-0.2, 0) is 4.79 Å². The summed E-state index contributed by atoms with van der Waals surface area (Å²) < 4.78 is 0. The summed E-state index contributed by atoms with van der Waals surface area (Å²) in [5, 5.41) is 6.25. The molecule has 1 saturated heterocycles. The Labute approximate surface area is 79.7 Å². The fraction of sp³-hybridized carbons (Fsp3) is 0.889. The third-order valence-electron chi connectivity index (χ3n) is 2.37. The maximum absolute atomic E-state index is 11.7. The molecular weight excluding hydrogens is 166 g/mol. The van der Waals surface area contributed by atoms with Gasteiger partial charge < -0.3 is 15.5 Å². The summed E-state index contributed by atoms with van der Waals surface area (Å²) in [6.07, 6.45) is 1.06. The average molecular weight is 185 g/mol. The van der Waals surface area contributed by atoms with Gasteiger partial charge in [-0.25, -0.2) is 0 Å². The lowest BCUT2D eigenvalue weighted by molar-refractivity contribution is -0.132. The topological polar surface area (TPSA) is 44.4 Å². The second-order valence-electron chi connectivity index (χ2n) is 3.46. The molecule has 0 aromatic carbocycles. The van der Waals surface area contributed by atoms with Crippen molar-refractivity contribution in [3.8, 4) is 0 Å². The summed E-state index contributed by atoms with van der Waals surface area (Å²) >= 11 is 0. The molecule has 0 spiro atoms. The van der Waals surface area contributed by atoms with E-state index in [1.807, 2.05) is 18.9 Å². The summed E-state index contributed by atoms with van der Waals surface area (Å²) in [5.74, 6) is 0.229. The predicted molar refractivity (Wildman–Crippen MR) is 52.6 cm³/mol. The summed E-state index contributed by atoms with van der Waals surface area (Å²) in [4.78, 5) is 13.6. The molecule has 0 radical (unpaired) electrons. The quantitative estimate of drug-likeness (QED) is 0.618. The Morgan fingerprint density at radius 1 is 1.69 bits per heavy atom. The van der Waals surface area contributed by atoms with Gasteiger partial charge in [-0.05, 0) is 26.9 Å². The number of carbonyl (C=O) groups is 1. The second kappa shape index (κ2) is 5.19. The van der Waals surface area contributed by atoms with Gasteiger partial charge in [0, 0.05) is 19.6 Å². The third kappa shape index (κ3) is 2.97. The minimum absolute atomic E-state index is 0.0145.